The van der Waals surface area contributed by atoms with Crippen LogP contribution in [0.2, 0.25) is 0 Å². The number of halogens is 1. The third kappa shape index (κ3) is 2.47. The van der Waals surface area contributed by atoms with Crippen molar-refractivity contribution in [3.8, 4) is 0 Å². The van der Waals surface area contributed by atoms with Crippen molar-refractivity contribution >= 4 is 27.5 Å². The summed E-state index contributed by atoms with van der Waals surface area (Å²) in [6.07, 6.45) is 9.34. The summed E-state index contributed by atoms with van der Waals surface area (Å²) in [6, 6.07) is 0. The van der Waals surface area contributed by atoms with Crippen molar-refractivity contribution in [2.45, 2.75) is 71.3 Å². The number of allylic oxidation sites excluding steroid dienone is 1. The molecular formula is C22H31BrO3. The third-order valence-corrected chi connectivity index (χ3v) is 9.42. The van der Waals surface area contributed by atoms with Gasteiger partial charge in [-0.25, -0.2) is 0 Å². The molecule has 0 aromatic heterocycles. The topological polar surface area (TPSA) is 54.4 Å². The second kappa shape index (κ2) is 6.55. The summed E-state index contributed by atoms with van der Waals surface area (Å²) in [5.41, 5.74) is 1.29. The molecule has 1 N–H and O–H groups in total. The third-order valence-electron chi connectivity index (χ3n) is 8.81. The van der Waals surface area contributed by atoms with Crippen LogP contribution in [0.15, 0.2) is 11.6 Å². The molecule has 3 fully saturated rings. The summed E-state index contributed by atoms with van der Waals surface area (Å²) in [5.74, 6) is 2.20. The highest BCUT2D eigenvalue weighted by Gasteiger charge is 2.63. The lowest BCUT2D eigenvalue weighted by atomic mass is 9.45. The van der Waals surface area contributed by atoms with E-state index in [4.69, 9.17) is 0 Å². The van der Waals surface area contributed by atoms with Gasteiger partial charge in [-0.05, 0) is 81.1 Å². The smallest absolute Gasteiger partial charge is 0.155 e. The van der Waals surface area contributed by atoms with Gasteiger partial charge in [0, 0.05) is 23.1 Å². The molecule has 0 saturated heterocycles. The molecule has 1 unspecified atom stereocenters. The van der Waals surface area contributed by atoms with Crippen LogP contribution in [0, 0.1) is 34.5 Å². The molecule has 4 aliphatic carbocycles. The normalized spacial score (nSPS) is 46.0. The van der Waals surface area contributed by atoms with Crippen LogP contribution in [-0.4, -0.2) is 28.1 Å². The maximum atomic E-state index is 12.4. The van der Waals surface area contributed by atoms with Gasteiger partial charge in [-0.1, -0.05) is 28.4 Å². The van der Waals surface area contributed by atoms with Gasteiger partial charge in [0.15, 0.2) is 5.78 Å². The first kappa shape index (κ1) is 18.9. The standard InChI is InChI=1S/C22H31BrO3/c1-13(24)17-5-6-19-16-4-3-14-11-15(25)7-9-21(14,2)18(16)8-10-22(17,19)20(26)12-23/h11,16-20,26H,3-10,12H2,1-2H3/t16-,17-,18+,19+,20?,21+,22+/m1/s1. The molecule has 26 heavy (non-hydrogen) atoms. The highest BCUT2D eigenvalue weighted by Crippen LogP contribution is 2.67. The van der Waals surface area contributed by atoms with Crippen LogP contribution in [0.5, 0.6) is 0 Å². The van der Waals surface area contributed by atoms with E-state index in [-0.39, 0.29) is 22.5 Å². The first-order valence-electron chi connectivity index (χ1n) is 10.3. The second-order valence-electron chi connectivity index (χ2n) is 9.53. The summed E-state index contributed by atoms with van der Waals surface area (Å²) < 4.78 is 0. The van der Waals surface area contributed by atoms with Gasteiger partial charge < -0.3 is 5.11 Å². The zero-order valence-corrected chi connectivity index (χ0v) is 17.6. The number of aliphatic hydroxyl groups is 1. The SMILES string of the molecule is CC(=O)[C@H]1CC[C@H]2[C@@H]3CCC4=CC(=O)CC[C@]4(C)[C@H]3CC[C@]12C(O)CBr. The largest absolute Gasteiger partial charge is 0.392 e. The Bertz CT molecular complexity index is 656. The molecule has 3 saturated carbocycles. The van der Waals surface area contributed by atoms with Gasteiger partial charge in [0.2, 0.25) is 0 Å². The van der Waals surface area contributed by atoms with E-state index in [0.717, 1.165) is 44.9 Å². The maximum absolute atomic E-state index is 12.4. The molecule has 0 amide bonds. The molecule has 0 spiro atoms. The first-order chi connectivity index (χ1) is 12.3. The molecule has 0 radical (unpaired) electrons. The lowest BCUT2D eigenvalue weighted by Gasteiger charge is -2.59. The molecule has 0 heterocycles. The van der Waals surface area contributed by atoms with Crippen LogP contribution >= 0.6 is 15.9 Å². The number of rotatable bonds is 3. The molecule has 7 atom stereocenters. The lowest BCUT2D eigenvalue weighted by molar-refractivity contribution is -0.142. The molecule has 144 valence electrons. The van der Waals surface area contributed by atoms with Crippen molar-refractivity contribution in [1.82, 2.24) is 0 Å². The van der Waals surface area contributed by atoms with Gasteiger partial charge in [0.1, 0.15) is 5.78 Å². The van der Waals surface area contributed by atoms with Crippen molar-refractivity contribution in [1.29, 1.82) is 0 Å². The monoisotopic (exact) mass is 422 g/mol. The zero-order chi connectivity index (χ0) is 18.7. The number of hydrogen-bond acceptors (Lipinski definition) is 3. The Labute approximate surface area is 165 Å². The average Bonchev–Trinajstić information content (AvgIpc) is 3.02. The molecule has 4 heteroatoms. The van der Waals surface area contributed by atoms with Gasteiger partial charge in [0.25, 0.3) is 0 Å². The van der Waals surface area contributed by atoms with Gasteiger partial charge in [-0.15, -0.1) is 0 Å². The number of Topliss-reactive ketones (excluding diaryl/α,β-unsaturated/α-hetero) is 1. The number of hydrogen-bond donors (Lipinski definition) is 1. The molecule has 3 nitrogen and oxygen atoms in total. The van der Waals surface area contributed by atoms with Crippen LogP contribution in [0.3, 0.4) is 0 Å². The quantitative estimate of drug-likeness (QED) is 0.682. The summed E-state index contributed by atoms with van der Waals surface area (Å²) in [4.78, 5) is 24.4. The van der Waals surface area contributed by atoms with Gasteiger partial charge >= 0.3 is 0 Å². The Morgan fingerprint density at radius 3 is 2.69 bits per heavy atom. The summed E-state index contributed by atoms with van der Waals surface area (Å²) in [5, 5.41) is 11.6. The van der Waals surface area contributed by atoms with Gasteiger partial charge in [-0.2, -0.15) is 0 Å². The maximum Gasteiger partial charge on any atom is 0.155 e. The van der Waals surface area contributed by atoms with Gasteiger partial charge in [0.05, 0.1) is 6.10 Å². The van der Waals surface area contributed by atoms with E-state index in [1.807, 2.05) is 6.08 Å². The Morgan fingerprint density at radius 2 is 2.00 bits per heavy atom. The van der Waals surface area contributed by atoms with Crippen LogP contribution in [-0.2, 0) is 9.59 Å². The minimum absolute atomic E-state index is 0.0127. The van der Waals surface area contributed by atoms with E-state index in [1.54, 1.807) is 6.92 Å². The molecular weight excluding hydrogens is 392 g/mol. The molecule has 4 aliphatic rings. The molecule has 0 aromatic carbocycles. The highest BCUT2D eigenvalue weighted by molar-refractivity contribution is 9.09. The fourth-order valence-electron chi connectivity index (χ4n) is 7.66. The predicted molar refractivity (Wildman–Crippen MR) is 105 cm³/mol. The number of carbonyl (C=O) groups excluding carboxylic acids is 2. The van der Waals surface area contributed by atoms with E-state index in [9.17, 15) is 14.7 Å². The fraction of sp³-hybridized carbons (Fsp3) is 0.818. The number of aliphatic hydroxyl groups excluding tert-OH is 1. The summed E-state index contributed by atoms with van der Waals surface area (Å²) in [7, 11) is 0. The average molecular weight is 423 g/mol. The lowest BCUT2D eigenvalue weighted by Crippen LogP contribution is -2.56. The Hall–Kier alpha value is -0.480. The van der Waals surface area contributed by atoms with Crippen molar-refractivity contribution in [3.05, 3.63) is 11.6 Å². The molecule has 0 aromatic rings. The van der Waals surface area contributed by atoms with E-state index in [1.165, 1.54) is 5.57 Å². The zero-order valence-electron chi connectivity index (χ0n) is 16.0. The van der Waals surface area contributed by atoms with Crippen molar-refractivity contribution in [3.63, 3.8) is 0 Å². The van der Waals surface area contributed by atoms with Crippen LogP contribution < -0.4 is 0 Å². The van der Waals surface area contributed by atoms with E-state index >= 15 is 0 Å². The number of alkyl halides is 1. The number of fused-ring (bicyclic) bond motifs is 5. The summed E-state index contributed by atoms with van der Waals surface area (Å²) >= 11 is 3.51. The summed E-state index contributed by atoms with van der Waals surface area (Å²) in [6.45, 7) is 4.10. The van der Waals surface area contributed by atoms with E-state index < -0.39 is 6.10 Å². The highest BCUT2D eigenvalue weighted by atomic mass is 79.9. The van der Waals surface area contributed by atoms with Gasteiger partial charge in [-0.3, -0.25) is 9.59 Å². The van der Waals surface area contributed by atoms with Crippen molar-refractivity contribution < 1.29 is 14.7 Å². The predicted octanol–water partition coefficient (Wildman–Crippen LogP) is 4.46. The van der Waals surface area contributed by atoms with Crippen LogP contribution in [0.25, 0.3) is 0 Å². The van der Waals surface area contributed by atoms with E-state index in [0.29, 0.717) is 35.3 Å². The minimum Gasteiger partial charge on any atom is -0.392 e. The second-order valence-corrected chi connectivity index (χ2v) is 10.2. The number of ketones is 2. The minimum atomic E-state index is -0.442. The number of carbonyl (C=O) groups is 2. The molecule has 0 bridgehead atoms. The van der Waals surface area contributed by atoms with Crippen LogP contribution in [0.4, 0.5) is 0 Å². The van der Waals surface area contributed by atoms with Crippen LogP contribution in [0.1, 0.15) is 65.2 Å². The molecule has 4 rings (SSSR count). The Kier molecular flexibility index (Phi) is 4.75. The van der Waals surface area contributed by atoms with E-state index in [2.05, 4.69) is 22.9 Å². The Morgan fingerprint density at radius 1 is 1.23 bits per heavy atom. The Balaban J connectivity index is 1.72. The van der Waals surface area contributed by atoms with Crippen molar-refractivity contribution in [2.24, 2.45) is 34.5 Å². The first-order valence-corrected chi connectivity index (χ1v) is 11.4. The van der Waals surface area contributed by atoms with Crippen molar-refractivity contribution in [2.75, 3.05) is 5.33 Å². The fourth-order valence-corrected chi connectivity index (χ4v) is 8.26. The molecule has 0 aliphatic heterocycles.